The smallest absolute Gasteiger partial charge is 0.408 e. The molecule has 228 valence electrons. The first kappa shape index (κ1) is 31.2. The molecule has 0 bridgehead atoms. The molecule has 1 saturated carbocycles. The number of rotatable bonds is 10. The summed E-state index contributed by atoms with van der Waals surface area (Å²) in [7, 11) is 1.54. The first-order valence-corrected chi connectivity index (χ1v) is 14.2. The fourth-order valence-electron chi connectivity index (χ4n) is 4.89. The van der Waals surface area contributed by atoms with E-state index < -0.39 is 35.6 Å². The van der Waals surface area contributed by atoms with Gasteiger partial charge in [-0.3, -0.25) is 9.59 Å². The Morgan fingerprint density at radius 2 is 1.60 bits per heavy atom. The van der Waals surface area contributed by atoms with Crippen LogP contribution in [0.4, 0.5) is 10.5 Å². The Balaban J connectivity index is 1.74. The van der Waals surface area contributed by atoms with Crippen LogP contribution < -0.4 is 15.4 Å². The van der Waals surface area contributed by atoms with Crippen LogP contribution in [0.25, 0.3) is 0 Å². The summed E-state index contributed by atoms with van der Waals surface area (Å²) < 4.78 is 10.7. The van der Waals surface area contributed by atoms with Crippen molar-refractivity contribution >= 4 is 23.6 Å². The van der Waals surface area contributed by atoms with Crippen LogP contribution in [0, 0.1) is 5.92 Å². The SMILES string of the molecule is COc1ccc(NC(=O)C(c2ccccc2O)N(C(=O)C(Cc2ccc(O)cc2)NC(=O)OC(C)(C)C)C2CC2C)cc1. The van der Waals surface area contributed by atoms with Gasteiger partial charge in [-0.1, -0.05) is 37.3 Å². The molecule has 0 radical (unpaired) electrons. The Bertz CT molecular complexity index is 1430. The van der Waals surface area contributed by atoms with Crippen LogP contribution in [0.5, 0.6) is 17.2 Å². The van der Waals surface area contributed by atoms with Gasteiger partial charge >= 0.3 is 6.09 Å². The van der Waals surface area contributed by atoms with Gasteiger partial charge in [0.15, 0.2) is 0 Å². The molecule has 10 heteroatoms. The quantitative estimate of drug-likeness (QED) is 0.256. The average Bonchev–Trinajstić information content (AvgIpc) is 3.67. The van der Waals surface area contributed by atoms with Gasteiger partial charge in [0.25, 0.3) is 5.91 Å². The van der Waals surface area contributed by atoms with E-state index in [-0.39, 0.29) is 35.4 Å². The highest BCUT2D eigenvalue weighted by atomic mass is 16.6. The van der Waals surface area contributed by atoms with Gasteiger partial charge in [0.05, 0.1) is 7.11 Å². The summed E-state index contributed by atoms with van der Waals surface area (Å²) in [6.07, 6.45) is -0.0664. The summed E-state index contributed by atoms with van der Waals surface area (Å²) in [6.45, 7) is 7.14. The second-order valence-corrected chi connectivity index (χ2v) is 11.8. The molecule has 0 spiro atoms. The normalized spacial score (nSPS) is 17.2. The molecular formula is C33H39N3O7. The molecule has 3 aromatic rings. The van der Waals surface area contributed by atoms with E-state index in [0.29, 0.717) is 23.4 Å². The third-order valence-corrected chi connectivity index (χ3v) is 7.16. The molecule has 10 nitrogen and oxygen atoms in total. The molecule has 4 N–H and O–H groups in total. The monoisotopic (exact) mass is 589 g/mol. The second-order valence-electron chi connectivity index (χ2n) is 11.8. The number of carbonyl (C=O) groups is 3. The predicted octanol–water partition coefficient (Wildman–Crippen LogP) is 5.16. The minimum atomic E-state index is -1.21. The molecule has 0 aromatic heterocycles. The van der Waals surface area contributed by atoms with Crippen LogP contribution in [0.3, 0.4) is 0 Å². The Labute approximate surface area is 251 Å². The molecule has 3 aromatic carbocycles. The minimum Gasteiger partial charge on any atom is -0.508 e. The van der Waals surface area contributed by atoms with Crippen molar-refractivity contribution in [3.05, 3.63) is 83.9 Å². The Hall–Kier alpha value is -4.73. The highest BCUT2D eigenvalue weighted by Crippen LogP contribution is 2.42. The number of ether oxygens (including phenoxy) is 2. The molecule has 0 saturated heterocycles. The van der Waals surface area contributed by atoms with Crippen molar-refractivity contribution in [1.29, 1.82) is 0 Å². The lowest BCUT2D eigenvalue weighted by Gasteiger charge is -2.35. The molecular weight excluding hydrogens is 550 g/mol. The molecule has 4 unspecified atom stereocenters. The third-order valence-electron chi connectivity index (χ3n) is 7.16. The Kier molecular flexibility index (Phi) is 9.48. The van der Waals surface area contributed by atoms with Crippen molar-refractivity contribution in [3.8, 4) is 17.2 Å². The molecule has 43 heavy (non-hydrogen) atoms. The van der Waals surface area contributed by atoms with Crippen molar-refractivity contribution in [2.24, 2.45) is 5.92 Å². The van der Waals surface area contributed by atoms with Gasteiger partial charge in [0.2, 0.25) is 5.91 Å². The third kappa shape index (κ3) is 8.18. The summed E-state index contributed by atoms with van der Waals surface area (Å²) in [6, 6.07) is 16.8. The Morgan fingerprint density at radius 3 is 2.16 bits per heavy atom. The maximum absolute atomic E-state index is 14.5. The molecule has 1 aliphatic carbocycles. The summed E-state index contributed by atoms with van der Waals surface area (Å²) in [4.78, 5) is 43.0. The number of hydrogen-bond donors (Lipinski definition) is 4. The van der Waals surface area contributed by atoms with E-state index in [0.717, 1.165) is 0 Å². The largest absolute Gasteiger partial charge is 0.508 e. The van der Waals surface area contributed by atoms with Gasteiger partial charge in [0.1, 0.15) is 34.9 Å². The van der Waals surface area contributed by atoms with Gasteiger partial charge in [-0.05, 0) is 81.1 Å². The number of hydrogen-bond acceptors (Lipinski definition) is 7. The molecule has 3 amide bonds. The summed E-state index contributed by atoms with van der Waals surface area (Å²) in [5.41, 5.74) is 0.603. The number of alkyl carbamates (subject to hydrolysis) is 1. The molecule has 0 aliphatic heterocycles. The number of amides is 3. The van der Waals surface area contributed by atoms with Gasteiger partial charge in [-0.2, -0.15) is 0 Å². The number of phenols is 2. The van der Waals surface area contributed by atoms with Crippen LogP contribution >= 0.6 is 0 Å². The maximum atomic E-state index is 14.5. The van der Waals surface area contributed by atoms with Crippen molar-refractivity contribution in [2.45, 2.75) is 64.3 Å². The van der Waals surface area contributed by atoms with Crippen molar-refractivity contribution in [1.82, 2.24) is 10.2 Å². The van der Waals surface area contributed by atoms with E-state index in [1.54, 1.807) is 82.5 Å². The van der Waals surface area contributed by atoms with E-state index in [1.807, 2.05) is 6.92 Å². The number of methoxy groups -OCH3 is 1. The van der Waals surface area contributed by atoms with Crippen LogP contribution in [0.2, 0.25) is 0 Å². The fourth-order valence-corrected chi connectivity index (χ4v) is 4.89. The standard InChI is InChI=1S/C33H39N3O7/c1-20-18-27(20)36(31(40)26(35-32(41)43-33(2,3)4)19-21-10-14-23(37)15-11-21)29(25-8-6-7-9-28(25)38)30(39)34-22-12-16-24(42-5)17-13-22/h6-17,20,26-27,29,37-38H,18-19H2,1-5H3,(H,34,39)(H,35,41). The fraction of sp³-hybridized carbons (Fsp3) is 0.364. The minimum absolute atomic E-state index is 0.0648. The molecule has 1 fully saturated rings. The summed E-state index contributed by atoms with van der Waals surface area (Å²) in [5.74, 6) is -0.411. The summed E-state index contributed by atoms with van der Waals surface area (Å²) in [5, 5.41) is 26.2. The second kappa shape index (κ2) is 13.1. The van der Waals surface area contributed by atoms with Crippen molar-refractivity contribution in [2.75, 3.05) is 12.4 Å². The van der Waals surface area contributed by atoms with Gasteiger partial charge in [-0.25, -0.2) is 4.79 Å². The van der Waals surface area contributed by atoms with Crippen LogP contribution in [-0.2, 0) is 20.7 Å². The van der Waals surface area contributed by atoms with E-state index in [1.165, 1.54) is 23.1 Å². The molecule has 0 heterocycles. The lowest BCUT2D eigenvalue weighted by atomic mass is 9.99. The number of anilines is 1. The van der Waals surface area contributed by atoms with E-state index in [4.69, 9.17) is 9.47 Å². The van der Waals surface area contributed by atoms with Crippen LogP contribution in [-0.4, -0.2) is 57.8 Å². The molecule has 1 aliphatic rings. The molecule has 4 rings (SSSR count). The first-order valence-electron chi connectivity index (χ1n) is 14.2. The van der Waals surface area contributed by atoms with E-state index >= 15 is 0 Å². The number of carbonyl (C=O) groups excluding carboxylic acids is 3. The zero-order valence-corrected chi connectivity index (χ0v) is 25.0. The lowest BCUT2D eigenvalue weighted by Crippen LogP contribution is -2.54. The van der Waals surface area contributed by atoms with Crippen molar-refractivity contribution < 1.29 is 34.1 Å². The zero-order chi connectivity index (χ0) is 31.3. The van der Waals surface area contributed by atoms with Gasteiger partial charge in [-0.15, -0.1) is 0 Å². The number of nitrogens with zero attached hydrogens (tertiary/aromatic N) is 1. The lowest BCUT2D eigenvalue weighted by molar-refractivity contribution is -0.141. The maximum Gasteiger partial charge on any atom is 0.408 e. The summed E-state index contributed by atoms with van der Waals surface area (Å²) >= 11 is 0. The number of benzene rings is 3. The van der Waals surface area contributed by atoms with Crippen LogP contribution in [0.15, 0.2) is 72.8 Å². The first-order chi connectivity index (χ1) is 20.4. The average molecular weight is 590 g/mol. The highest BCUT2D eigenvalue weighted by Gasteiger charge is 2.48. The van der Waals surface area contributed by atoms with Crippen LogP contribution in [0.1, 0.15) is 51.3 Å². The van der Waals surface area contributed by atoms with E-state index in [2.05, 4.69) is 10.6 Å². The topological polar surface area (TPSA) is 137 Å². The van der Waals surface area contributed by atoms with Gasteiger partial charge < -0.3 is 35.2 Å². The number of aromatic hydroxyl groups is 2. The highest BCUT2D eigenvalue weighted by molar-refractivity contribution is 5.99. The number of nitrogens with one attached hydrogen (secondary N) is 2. The predicted molar refractivity (Wildman–Crippen MR) is 162 cm³/mol. The van der Waals surface area contributed by atoms with Crippen molar-refractivity contribution in [3.63, 3.8) is 0 Å². The Morgan fingerprint density at radius 1 is 0.977 bits per heavy atom. The van der Waals surface area contributed by atoms with Gasteiger partial charge in [0, 0.05) is 23.7 Å². The zero-order valence-electron chi connectivity index (χ0n) is 25.0. The molecule has 4 atom stereocenters. The number of phenolic OH excluding ortho intramolecular Hbond substituents is 2. The van der Waals surface area contributed by atoms with E-state index in [9.17, 15) is 24.6 Å². The number of para-hydroxylation sites is 1.